The summed E-state index contributed by atoms with van der Waals surface area (Å²) in [5.41, 5.74) is 1.90. The first-order chi connectivity index (χ1) is 9.66. The van der Waals surface area contributed by atoms with Gasteiger partial charge in [0.2, 0.25) is 0 Å². The Hall–Kier alpha value is -1.80. The van der Waals surface area contributed by atoms with Crippen LogP contribution in [0.4, 0.5) is 14.5 Å². The Bertz CT molecular complexity index is 741. The van der Waals surface area contributed by atoms with Gasteiger partial charge in [-0.3, -0.25) is 4.57 Å². The molecule has 20 heavy (non-hydrogen) atoms. The van der Waals surface area contributed by atoms with Gasteiger partial charge in [-0.2, -0.15) is 17.5 Å². The lowest BCUT2D eigenvalue weighted by Gasteiger charge is -2.10. The number of halogens is 3. The molecule has 2 heterocycles. The third kappa shape index (κ3) is 2.32. The molecule has 1 aromatic carbocycles. The molecular formula is C11H8ClF2N5S. The van der Waals surface area contributed by atoms with Crippen LogP contribution in [0.1, 0.15) is 12.4 Å². The third-order valence-corrected chi connectivity index (χ3v) is 3.62. The number of imidazole rings is 1. The van der Waals surface area contributed by atoms with Crippen molar-refractivity contribution in [2.45, 2.75) is 13.1 Å². The minimum Gasteiger partial charge on any atom is -0.375 e. The van der Waals surface area contributed by atoms with Crippen LogP contribution in [0, 0.1) is 0 Å². The normalized spacial score (nSPS) is 11.4. The van der Waals surface area contributed by atoms with Crippen LogP contribution in [-0.2, 0) is 6.54 Å². The maximum Gasteiger partial charge on any atom is 0.319 e. The van der Waals surface area contributed by atoms with Gasteiger partial charge in [-0.15, -0.1) is 0 Å². The molecule has 5 nitrogen and oxygen atoms in total. The third-order valence-electron chi connectivity index (χ3n) is 2.76. The van der Waals surface area contributed by atoms with E-state index in [0.717, 1.165) is 16.3 Å². The highest BCUT2D eigenvalue weighted by molar-refractivity contribution is 7.00. The maximum atomic E-state index is 12.7. The van der Waals surface area contributed by atoms with Gasteiger partial charge < -0.3 is 5.32 Å². The number of benzene rings is 1. The highest BCUT2D eigenvalue weighted by atomic mass is 35.5. The van der Waals surface area contributed by atoms with Gasteiger partial charge in [-0.1, -0.05) is 11.6 Å². The highest BCUT2D eigenvalue weighted by Crippen LogP contribution is 2.30. The fourth-order valence-corrected chi connectivity index (χ4v) is 2.58. The van der Waals surface area contributed by atoms with Gasteiger partial charge in [0, 0.05) is 12.4 Å². The van der Waals surface area contributed by atoms with Crippen molar-refractivity contribution in [1.82, 2.24) is 18.3 Å². The number of rotatable bonds is 4. The molecule has 0 spiro atoms. The van der Waals surface area contributed by atoms with Gasteiger partial charge in [0.15, 0.2) is 0 Å². The van der Waals surface area contributed by atoms with Crippen LogP contribution in [0.5, 0.6) is 0 Å². The average molecular weight is 316 g/mol. The predicted molar refractivity (Wildman–Crippen MR) is 73.2 cm³/mol. The first-order valence-electron chi connectivity index (χ1n) is 5.61. The second-order valence-electron chi connectivity index (χ2n) is 3.94. The van der Waals surface area contributed by atoms with E-state index in [0.29, 0.717) is 21.7 Å². The van der Waals surface area contributed by atoms with Gasteiger partial charge in [0.1, 0.15) is 16.9 Å². The standard InChI is InChI=1S/C11H8ClF2N5S/c12-6-1-2-7-10(18-20-17-7)9(6)16-5-8-15-3-4-19(8)11(13)14/h1-4,11,16H,5H2. The lowest BCUT2D eigenvalue weighted by Crippen LogP contribution is -2.09. The van der Waals surface area contributed by atoms with Crippen LogP contribution < -0.4 is 5.32 Å². The SMILES string of the molecule is FC(F)n1ccnc1CNc1c(Cl)ccc2nsnc12. The van der Waals surface area contributed by atoms with Crippen molar-refractivity contribution in [1.29, 1.82) is 0 Å². The molecule has 0 amide bonds. The quantitative estimate of drug-likeness (QED) is 0.800. The number of fused-ring (bicyclic) bond motifs is 1. The molecular weight excluding hydrogens is 308 g/mol. The van der Waals surface area contributed by atoms with Crippen LogP contribution in [0.25, 0.3) is 11.0 Å². The maximum absolute atomic E-state index is 12.7. The van der Waals surface area contributed by atoms with Gasteiger partial charge in [-0.05, 0) is 12.1 Å². The summed E-state index contributed by atoms with van der Waals surface area (Å²) >= 11 is 7.17. The Morgan fingerprint density at radius 3 is 3.00 bits per heavy atom. The molecule has 3 rings (SSSR count). The Kier molecular flexibility index (Phi) is 3.49. The number of alkyl halides is 2. The van der Waals surface area contributed by atoms with Gasteiger partial charge >= 0.3 is 6.55 Å². The van der Waals surface area contributed by atoms with Crippen molar-refractivity contribution in [3.05, 3.63) is 35.4 Å². The van der Waals surface area contributed by atoms with Crippen LogP contribution in [0.15, 0.2) is 24.5 Å². The molecule has 0 aliphatic rings. The van der Waals surface area contributed by atoms with Crippen molar-refractivity contribution in [2.24, 2.45) is 0 Å². The number of anilines is 1. The molecule has 0 saturated heterocycles. The number of aromatic nitrogens is 4. The average Bonchev–Trinajstić information content (AvgIpc) is 3.05. The monoisotopic (exact) mass is 315 g/mol. The smallest absolute Gasteiger partial charge is 0.319 e. The van der Waals surface area contributed by atoms with Crippen molar-refractivity contribution < 1.29 is 8.78 Å². The summed E-state index contributed by atoms with van der Waals surface area (Å²) in [4.78, 5) is 3.89. The molecule has 0 aliphatic carbocycles. The van der Waals surface area contributed by atoms with Gasteiger partial charge in [0.05, 0.1) is 29.0 Å². The molecule has 0 radical (unpaired) electrons. The van der Waals surface area contributed by atoms with Gasteiger partial charge in [-0.25, -0.2) is 4.98 Å². The van der Waals surface area contributed by atoms with E-state index in [9.17, 15) is 8.78 Å². The molecule has 104 valence electrons. The van der Waals surface area contributed by atoms with E-state index >= 15 is 0 Å². The van der Waals surface area contributed by atoms with Crippen LogP contribution in [-0.4, -0.2) is 18.3 Å². The Balaban J connectivity index is 1.88. The van der Waals surface area contributed by atoms with E-state index in [-0.39, 0.29) is 12.4 Å². The largest absolute Gasteiger partial charge is 0.375 e. The summed E-state index contributed by atoms with van der Waals surface area (Å²) in [6.45, 7) is -2.50. The van der Waals surface area contributed by atoms with Crippen molar-refractivity contribution >= 4 is 40.0 Å². The van der Waals surface area contributed by atoms with Crippen LogP contribution >= 0.6 is 23.3 Å². The fraction of sp³-hybridized carbons (Fsp3) is 0.182. The molecule has 9 heteroatoms. The Labute approximate surface area is 121 Å². The molecule has 0 atom stereocenters. The number of nitrogens with zero attached hydrogens (tertiary/aromatic N) is 4. The number of hydrogen-bond acceptors (Lipinski definition) is 5. The Morgan fingerprint density at radius 2 is 2.20 bits per heavy atom. The van der Waals surface area contributed by atoms with Crippen molar-refractivity contribution in [2.75, 3.05) is 5.32 Å². The van der Waals surface area contributed by atoms with E-state index in [1.807, 2.05) is 0 Å². The zero-order valence-electron chi connectivity index (χ0n) is 9.92. The minimum absolute atomic E-state index is 0.119. The van der Waals surface area contributed by atoms with Crippen molar-refractivity contribution in [3.63, 3.8) is 0 Å². The zero-order valence-corrected chi connectivity index (χ0v) is 11.5. The summed E-state index contributed by atoms with van der Waals surface area (Å²) in [5, 5.41) is 3.45. The zero-order chi connectivity index (χ0) is 14.1. The van der Waals surface area contributed by atoms with E-state index in [2.05, 4.69) is 19.0 Å². The second-order valence-corrected chi connectivity index (χ2v) is 4.87. The first-order valence-corrected chi connectivity index (χ1v) is 6.72. The van der Waals surface area contributed by atoms with Gasteiger partial charge in [0.25, 0.3) is 0 Å². The number of nitrogens with one attached hydrogen (secondary N) is 1. The van der Waals surface area contributed by atoms with E-state index < -0.39 is 6.55 Å². The fourth-order valence-electron chi connectivity index (χ4n) is 1.82. The van der Waals surface area contributed by atoms with E-state index in [1.54, 1.807) is 12.1 Å². The van der Waals surface area contributed by atoms with E-state index in [4.69, 9.17) is 11.6 Å². The number of hydrogen-bond donors (Lipinski definition) is 1. The molecule has 0 unspecified atom stereocenters. The van der Waals surface area contributed by atoms with Crippen molar-refractivity contribution in [3.8, 4) is 0 Å². The van der Waals surface area contributed by atoms with E-state index in [1.165, 1.54) is 12.4 Å². The topological polar surface area (TPSA) is 55.6 Å². The molecule has 0 bridgehead atoms. The molecule has 0 aliphatic heterocycles. The first kappa shape index (κ1) is 13.2. The summed E-state index contributed by atoms with van der Waals surface area (Å²) < 4.78 is 34.5. The minimum atomic E-state index is -2.62. The van der Waals surface area contributed by atoms with Crippen LogP contribution in [0.2, 0.25) is 5.02 Å². The molecule has 2 aromatic heterocycles. The Morgan fingerprint density at radius 1 is 1.35 bits per heavy atom. The summed E-state index contributed by atoms with van der Waals surface area (Å²) in [6, 6.07) is 3.44. The molecule has 0 saturated carbocycles. The predicted octanol–water partition coefficient (Wildman–Crippen LogP) is 3.55. The summed E-state index contributed by atoms with van der Waals surface area (Å²) in [5.74, 6) is 0.219. The highest BCUT2D eigenvalue weighted by Gasteiger charge is 2.13. The molecule has 3 aromatic rings. The van der Waals surface area contributed by atoms with Crippen LogP contribution in [0.3, 0.4) is 0 Å². The molecule has 0 fully saturated rings. The lowest BCUT2D eigenvalue weighted by molar-refractivity contribution is 0.0673. The summed E-state index contributed by atoms with van der Waals surface area (Å²) in [6.07, 6.45) is 2.56. The lowest BCUT2D eigenvalue weighted by atomic mass is 10.2. The molecule has 1 N–H and O–H groups in total. The second kappa shape index (κ2) is 5.29. The summed E-state index contributed by atoms with van der Waals surface area (Å²) in [7, 11) is 0.